The largest absolute Gasteiger partial charge is 0.378 e. The van der Waals surface area contributed by atoms with Gasteiger partial charge in [0.25, 0.3) is 0 Å². The fraction of sp³-hybridized carbons (Fsp3) is 1.00. The van der Waals surface area contributed by atoms with Crippen LogP contribution in [0.15, 0.2) is 0 Å². The molecular weight excluding hydrogens is 200 g/mol. The smallest absolute Gasteiger partial charge is 0.0604 e. The Bertz CT molecular complexity index is 188. The van der Waals surface area contributed by atoms with E-state index in [2.05, 4.69) is 45.1 Å². The molecular formula is C13H28N2O. The molecule has 0 aromatic heterocycles. The van der Waals surface area contributed by atoms with E-state index in [9.17, 15) is 0 Å². The van der Waals surface area contributed by atoms with Gasteiger partial charge in [-0.05, 0) is 39.8 Å². The van der Waals surface area contributed by atoms with Crippen molar-refractivity contribution in [3.05, 3.63) is 0 Å². The van der Waals surface area contributed by atoms with Gasteiger partial charge in [0.15, 0.2) is 0 Å². The minimum absolute atomic E-state index is 0.509. The second kappa shape index (κ2) is 6.58. The highest BCUT2D eigenvalue weighted by molar-refractivity contribution is 4.89. The van der Waals surface area contributed by atoms with Gasteiger partial charge >= 0.3 is 0 Å². The molecule has 3 nitrogen and oxygen atoms in total. The average molecular weight is 228 g/mol. The zero-order valence-electron chi connectivity index (χ0n) is 11.5. The molecule has 0 spiro atoms. The first kappa shape index (κ1) is 13.9. The molecule has 3 heteroatoms. The van der Waals surface area contributed by atoms with Gasteiger partial charge in [-0.3, -0.25) is 0 Å². The third-order valence-electron chi connectivity index (χ3n) is 3.31. The lowest BCUT2D eigenvalue weighted by Crippen LogP contribution is -2.53. The van der Waals surface area contributed by atoms with Gasteiger partial charge in [-0.25, -0.2) is 0 Å². The molecule has 1 aliphatic rings. The van der Waals surface area contributed by atoms with Crippen molar-refractivity contribution in [2.45, 2.75) is 51.8 Å². The molecule has 96 valence electrons. The van der Waals surface area contributed by atoms with Gasteiger partial charge < -0.3 is 15.0 Å². The van der Waals surface area contributed by atoms with Crippen molar-refractivity contribution in [1.29, 1.82) is 0 Å². The predicted octanol–water partition coefficient (Wildman–Crippen LogP) is 1.73. The lowest BCUT2D eigenvalue weighted by atomic mass is 9.87. The summed E-state index contributed by atoms with van der Waals surface area (Å²) in [6.45, 7) is 8.62. The van der Waals surface area contributed by atoms with E-state index in [0.29, 0.717) is 24.1 Å². The molecule has 1 atom stereocenters. The van der Waals surface area contributed by atoms with Crippen molar-refractivity contribution in [1.82, 2.24) is 10.2 Å². The van der Waals surface area contributed by atoms with Crippen molar-refractivity contribution in [2.75, 3.05) is 27.2 Å². The SMILES string of the molecule is CCOC1CC(NC(CN(C)C)C(C)C)C1. The highest BCUT2D eigenvalue weighted by Gasteiger charge is 2.31. The molecule has 0 aliphatic heterocycles. The van der Waals surface area contributed by atoms with Crippen LogP contribution in [0.3, 0.4) is 0 Å². The molecule has 0 aromatic carbocycles. The zero-order valence-corrected chi connectivity index (χ0v) is 11.5. The van der Waals surface area contributed by atoms with E-state index in [1.165, 1.54) is 12.8 Å². The first-order valence-corrected chi connectivity index (χ1v) is 6.55. The Hall–Kier alpha value is -0.120. The Balaban J connectivity index is 2.23. The van der Waals surface area contributed by atoms with Crippen LogP contribution in [0, 0.1) is 5.92 Å². The zero-order chi connectivity index (χ0) is 12.1. The van der Waals surface area contributed by atoms with Gasteiger partial charge in [0.1, 0.15) is 0 Å². The normalized spacial score (nSPS) is 27.2. The number of rotatable bonds is 7. The first-order chi connectivity index (χ1) is 7.52. The summed E-state index contributed by atoms with van der Waals surface area (Å²) in [4.78, 5) is 2.26. The molecule has 1 saturated carbocycles. The molecule has 0 amide bonds. The van der Waals surface area contributed by atoms with Crippen LogP contribution in [0.5, 0.6) is 0 Å². The van der Waals surface area contributed by atoms with Crippen LogP contribution in [-0.2, 0) is 4.74 Å². The average Bonchev–Trinajstić information content (AvgIpc) is 2.12. The van der Waals surface area contributed by atoms with Crippen molar-refractivity contribution < 1.29 is 4.74 Å². The molecule has 1 fully saturated rings. The van der Waals surface area contributed by atoms with Crippen LogP contribution < -0.4 is 5.32 Å². The van der Waals surface area contributed by atoms with Gasteiger partial charge in [0.2, 0.25) is 0 Å². The van der Waals surface area contributed by atoms with E-state index >= 15 is 0 Å². The molecule has 1 aliphatic carbocycles. The van der Waals surface area contributed by atoms with Crippen LogP contribution in [0.4, 0.5) is 0 Å². The highest BCUT2D eigenvalue weighted by atomic mass is 16.5. The molecule has 0 bridgehead atoms. The summed E-state index contributed by atoms with van der Waals surface area (Å²) in [6.07, 6.45) is 2.88. The van der Waals surface area contributed by atoms with Crippen LogP contribution in [0.25, 0.3) is 0 Å². The Kier molecular flexibility index (Phi) is 5.73. The van der Waals surface area contributed by atoms with Crippen molar-refractivity contribution >= 4 is 0 Å². The molecule has 0 aromatic rings. The second-order valence-corrected chi connectivity index (χ2v) is 5.53. The molecule has 1 unspecified atom stereocenters. The Morgan fingerprint density at radius 1 is 1.31 bits per heavy atom. The van der Waals surface area contributed by atoms with Gasteiger partial charge in [0.05, 0.1) is 6.10 Å². The molecule has 1 rings (SSSR count). The van der Waals surface area contributed by atoms with Crippen molar-refractivity contribution in [2.24, 2.45) is 5.92 Å². The quantitative estimate of drug-likeness (QED) is 0.718. The highest BCUT2D eigenvalue weighted by Crippen LogP contribution is 2.24. The van der Waals surface area contributed by atoms with E-state index in [4.69, 9.17) is 4.74 Å². The van der Waals surface area contributed by atoms with Gasteiger partial charge in [-0.15, -0.1) is 0 Å². The van der Waals surface area contributed by atoms with Crippen LogP contribution in [-0.4, -0.2) is 50.3 Å². The van der Waals surface area contributed by atoms with Gasteiger partial charge in [-0.1, -0.05) is 13.8 Å². The molecule has 0 heterocycles. The summed E-state index contributed by atoms with van der Waals surface area (Å²) in [6, 6.07) is 1.27. The van der Waals surface area contributed by atoms with Crippen molar-refractivity contribution in [3.8, 4) is 0 Å². The summed E-state index contributed by atoms with van der Waals surface area (Å²) in [5, 5.41) is 3.75. The predicted molar refractivity (Wildman–Crippen MR) is 68.8 cm³/mol. The maximum Gasteiger partial charge on any atom is 0.0604 e. The minimum Gasteiger partial charge on any atom is -0.378 e. The molecule has 16 heavy (non-hydrogen) atoms. The van der Waals surface area contributed by atoms with E-state index in [0.717, 1.165) is 13.2 Å². The Labute approximate surface area is 101 Å². The van der Waals surface area contributed by atoms with E-state index in [-0.39, 0.29) is 0 Å². The van der Waals surface area contributed by atoms with Crippen LogP contribution in [0.2, 0.25) is 0 Å². The second-order valence-electron chi connectivity index (χ2n) is 5.53. The minimum atomic E-state index is 0.509. The summed E-state index contributed by atoms with van der Waals surface area (Å²) in [5.74, 6) is 0.688. The number of nitrogens with zero attached hydrogens (tertiary/aromatic N) is 1. The van der Waals surface area contributed by atoms with Gasteiger partial charge in [-0.2, -0.15) is 0 Å². The summed E-state index contributed by atoms with van der Waals surface area (Å²) in [7, 11) is 4.28. The fourth-order valence-electron chi connectivity index (χ4n) is 2.23. The molecule has 0 radical (unpaired) electrons. The first-order valence-electron chi connectivity index (χ1n) is 6.55. The lowest BCUT2D eigenvalue weighted by molar-refractivity contribution is -0.0144. The topological polar surface area (TPSA) is 24.5 Å². The van der Waals surface area contributed by atoms with Crippen LogP contribution >= 0.6 is 0 Å². The molecule has 0 saturated heterocycles. The summed E-state index contributed by atoms with van der Waals surface area (Å²) >= 11 is 0. The molecule has 1 N–H and O–H groups in total. The summed E-state index contributed by atoms with van der Waals surface area (Å²) < 4.78 is 5.58. The third-order valence-corrected chi connectivity index (χ3v) is 3.31. The number of ether oxygens (including phenoxy) is 1. The van der Waals surface area contributed by atoms with E-state index in [1.807, 2.05) is 0 Å². The summed E-state index contributed by atoms with van der Waals surface area (Å²) in [5.41, 5.74) is 0. The maximum absolute atomic E-state index is 5.58. The number of hydrogen-bond donors (Lipinski definition) is 1. The Morgan fingerprint density at radius 2 is 1.94 bits per heavy atom. The van der Waals surface area contributed by atoms with E-state index in [1.54, 1.807) is 0 Å². The monoisotopic (exact) mass is 228 g/mol. The standard InChI is InChI=1S/C13H28N2O/c1-6-16-12-7-11(8-12)14-13(10(2)3)9-15(4)5/h10-14H,6-9H2,1-5H3. The number of hydrogen-bond acceptors (Lipinski definition) is 3. The fourth-order valence-corrected chi connectivity index (χ4v) is 2.23. The number of likely N-dealkylation sites (N-methyl/N-ethyl adjacent to an activating group) is 1. The van der Waals surface area contributed by atoms with E-state index < -0.39 is 0 Å². The maximum atomic E-state index is 5.58. The third kappa shape index (κ3) is 4.40. The Morgan fingerprint density at radius 3 is 2.38 bits per heavy atom. The van der Waals surface area contributed by atoms with Gasteiger partial charge in [0, 0.05) is 25.2 Å². The lowest BCUT2D eigenvalue weighted by Gasteiger charge is -2.39. The number of nitrogens with one attached hydrogen (secondary N) is 1. The van der Waals surface area contributed by atoms with Crippen molar-refractivity contribution in [3.63, 3.8) is 0 Å². The van der Waals surface area contributed by atoms with Crippen LogP contribution in [0.1, 0.15) is 33.6 Å².